The summed E-state index contributed by atoms with van der Waals surface area (Å²) in [6, 6.07) is 14.5. The number of imidazole rings is 1. The van der Waals surface area contributed by atoms with Gasteiger partial charge in [-0.2, -0.15) is 9.61 Å². The van der Waals surface area contributed by atoms with E-state index >= 15 is 0 Å². The lowest BCUT2D eigenvalue weighted by Crippen LogP contribution is -2.04. The molecule has 5 aromatic rings. The molecule has 0 saturated heterocycles. The second-order valence-corrected chi connectivity index (χ2v) is 6.51. The Morgan fingerprint density at radius 3 is 2.76 bits per heavy atom. The average molecular weight is 350 g/mol. The van der Waals surface area contributed by atoms with Crippen LogP contribution in [0.4, 0.5) is 4.39 Å². The number of hydrogen-bond acceptors (Lipinski definition) is 5. The largest absolute Gasteiger partial charge is 0.323 e. The van der Waals surface area contributed by atoms with Crippen LogP contribution in [0.15, 0.2) is 54.9 Å². The molecule has 2 aromatic carbocycles. The molecule has 0 radical (unpaired) electrons. The Kier molecular flexibility index (Phi) is 3.10. The van der Waals surface area contributed by atoms with Gasteiger partial charge < -0.3 is 4.57 Å². The van der Waals surface area contributed by atoms with Gasteiger partial charge in [0, 0.05) is 5.56 Å². The van der Waals surface area contributed by atoms with Crippen molar-refractivity contribution in [2.45, 2.75) is 6.54 Å². The van der Waals surface area contributed by atoms with Gasteiger partial charge in [-0.1, -0.05) is 35.6 Å². The van der Waals surface area contributed by atoms with Crippen molar-refractivity contribution in [2.24, 2.45) is 0 Å². The smallest absolute Gasteiger partial charge is 0.235 e. The van der Waals surface area contributed by atoms with Gasteiger partial charge >= 0.3 is 0 Å². The minimum atomic E-state index is -0.297. The SMILES string of the molecule is Fc1ccccc1-c1nn2c(Cn3cnc4ccccc43)nnc2s1. The lowest BCUT2D eigenvalue weighted by molar-refractivity contribution is 0.630. The first-order valence-electron chi connectivity index (χ1n) is 7.65. The summed E-state index contributed by atoms with van der Waals surface area (Å²) < 4.78 is 17.7. The molecule has 0 spiro atoms. The highest BCUT2D eigenvalue weighted by Crippen LogP contribution is 2.27. The Bertz CT molecular complexity index is 1200. The summed E-state index contributed by atoms with van der Waals surface area (Å²) in [5.41, 5.74) is 2.41. The molecule has 0 amide bonds. The van der Waals surface area contributed by atoms with Crippen molar-refractivity contribution >= 4 is 27.3 Å². The lowest BCUT2D eigenvalue weighted by atomic mass is 10.2. The van der Waals surface area contributed by atoms with Crippen LogP contribution in [0.3, 0.4) is 0 Å². The van der Waals surface area contributed by atoms with Crippen LogP contribution in [0.5, 0.6) is 0 Å². The van der Waals surface area contributed by atoms with E-state index in [-0.39, 0.29) is 5.82 Å². The fourth-order valence-electron chi connectivity index (χ4n) is 2.79. The van der Waals surface area contributed by atoms with Gasteiger partial charge in [-0.25, -0.2) is 9.37 Å². The van der Waals surface area contributed by atoms with E-state index in [1.807, 2.05) is 28.8 Å². The summed E-state index contributed by atoms with van der Waals surface area (Å²) >= 11 is 1.31. The highest BCUT2D eigenvalue weighted by Gasteiger charge is 2.16. The summed E-state index contributed by atoms with van der Waals surface area (Å²) in [4.78, 5) is 5.02. The molecule has 5 rings (SSSR count). The molecule has 0 saturated carbocycles. The summed E-state index contributed by atoms with van der Waals surface area (Å²) in [5.74, 6) is 0.381. The normalized spacial score (nSPS) is 11.6. The molecule has 25 heavy (non-hydrogen) atoms. The Labute approximate surface area is 145 Å². The highest BCUT2D eigenvalue weighted by atomic mass is 32.1. The number of hydrogen-bond donors (Lipinski definition) is 0. The van der Waals surface area contributed by atoms with E-state index in [9.17, 15) is 4.39 Å². The molecule has 6 nitrogen and oxygen atoms in total. The quantitative estimate of drug-likeness (QED) is 0.500. The summed E-state index contributed by atoms with van der Waals surface area (Å²) in [6.45, 7) is 0.488. The number of benzene rings is 2. The zero-order chi connectivity index (χ0) is 16.8. The van der Waals surface area contributed by atoms with Crippen LogP contribution >= 0.6 is 11.3 Å². The van der Waals surface area contributed by atoms with E-state index in [0.29, 0.717) is 27.9 Å². The minimum absolute atomic E-state index is 0.297. The molecule has 0 fully saturated rings. The molecule has 0 bridgehead atoms. The van der Waals surface area contributed by atoms with Crippen LogP contribution in [-0.2, 0) is 6.54 Å². The maximum Gasteiger partial charge on any atom is 0.235 e. The number of rotatable bonds is 3. The van der Waals surface area contributed by atoms with Crippen molar-refractivity contribution in [3.8, 4) is 10.6 Å². The molecule has 3 aromatic heterocycles. The first-order chi connectivity index (χ1) is 12.3. The van der Waals surface area contributed by atoms with Gasteiger partial charge in [0.1, 0.15) is 5.82 Å². The Hall–Kier alpha value is -3.13. The minimum Gasteiger partial charge on any atom is -0.323 e. The topological polar surface area (TPSA) is 60.9 Å². The molecular formula is C17H11FN6S. The van der Waals surface area contributed by atoms with Gasteiger partial charge in [0.25, 0.3) is 0 Å². The third kappa shape index (κ3) is 2.30. The molecule has 0 N–H and O–H groups in total. The van der Waals surface area contributed by atoms with Crippen molar-refractivity contribution in [2.75, 3.05) is 0 Å². The third-order valence-electron chi connectivity index (χ3n) is 4.00. The Morgan fingerprint density at radius 1 is 1.00 bits per heavy atom. The van der Waals surface area contributed by atoms with Gasteiger partial charge in [-0.15, -0.1) is 10.2 Å². The van der Waals surface area contributed by atoms with Crippen LogP contribution < -0.4 is 0 Å². The van der Waals surface area contributed by atoms with Crippen molar-refractivity contribution in [1.82, 2.24) is 29.4 Å². The number of fused-ring (bicyclic) bond motifs is 2. The van der Waals surface area contributed by atoms with E-state index in [2.05, 4.69) is 20.3 Å². The van der Waals surface area contributed by atoms with E-state index < -0.39 is 0 Å². The van der Waals surface area contributed by atoms with Crippen molar-refractivity contribution < 1.29 is 4.39 Å². The van der Waals surface area contributed by atoms with Crippen molar-refractivity contribution in [3.63, 3.8) is 0 Å². The predicted molar refractivity (Wildman–Crippen MR) is 92.9 cm³/mol. The number of nitrogens with zero attached hydrogens (tertiary/aromatic N) is 6. The second-order valence-electron chi connectivity index (χ2n) is 5.56. The lowest BCUT2D eigenvalue weighted by Gasteiger charge is -2.01. The van der Waals surface area contributed by atoms with E-state index in [4.69, 9.17) is 0 Å². The standard InChI is InChI=1S/C17H11FN6S/c18-12-6-2-1-5-11(12)16-22-24-15(20-21-17(24)25-16)9-23-10-19-13-7-3-4-8-14(13)23/h1-8,10H,9H2. The molecule has 0 aliphatic rings. The molecule has 3 heterocycles. The average Bonchev–Trinajstić information content (AvgIpc) is 3.32. The molecule has 0 unspecified atom stereocenters. The van der Waals surface area contributed by atoms with Gasteiger partial charge in [-0.3, -0.25) is 0 Å². The fraction of sp³-hybridized carbons (Fsp3) is 0.0588. The van der Waals surface area contributed by atoms with Crippen LogP contribution in [0.1, 0.15) is 5.82 Å². The highest BCUT2D eigenvalue weighted by molar-refractivity contribution is 7.19. The van der Waals surface area contributed by atoms with E-state index in [1.165, 1.54) is 17.4 Å². The predicted octanol–water partition coefficient (Wildman–Crippen LogP) is 3.39. The molecular weight excluding hydrogens is 339 g/mol. The maximum absolute atomic E-state index is 14.0. The maximum atomic E-state index is 14.0. The van der Waals surface area contributed by atoms with E-state index in [1.54, 1.807) is 29.0 Å². The zero-order valence-corrected chi connectivity index (χ0v) is 13.7. The Balaban J connectivity index is 1.57. The molecule has 8 heteroatoms. The van der Waals surface area contributed by atoms with Crippen LogP contribution in [0, 0.1) is 5.82 Å². The number of para-hydroxylation sites is 2. The van der Waals surface area contributed by atoms with Gasteiger partial charge in [0.05, 0.1) is 23.9 Å². The first kappa shape index (κ1) is 14.2. The zero-order valence-electron chi connectivity index (χ0n) is 12.9. The second kappa shape index (κ2) is 5.45. The Morgan fingerprint density at radius 2 is 1.84 bits per heavy atom. The number of aromatic nitrogens is 6. The van der Waals surface area contributed by atoms with Gasteiger partial charge in [0.2, 0.25) is 4.96 Å². The summed E-state index contributed by atoms with van der Waals surface area (Å²) in [5, 5.41) is 13.5. The van der Waals surface area contributed by atoms with Gasteiger partial charge in [-0.05, 0) is 24.3 Å². The summed E-state index contributed by atoms with van der Waals surface area (Å²) in [6.07, 6.45) is 1.77. The van der Waals surface area contributed by atoms with Crippen molar-refractivity contribution in [3.05, 3.63) is 66.5 Å². The molecule has 0 aliphatic carbocycles. The third-order valence-corrected chi connectivity index (χ3v) is 4.93. The van der Waals surface area contributed by atoms with Crippen LogP contribution in [0.2, 0.25) is 0 Å². The van der Waals surface area contributed by atoms with Crippen LogP contribution in [-0.4, -0.2) is 29.4 Å². The van der Waals surface area contributed by atoms with Crippen molar-refractivity contribution in [1.29, 1.82) is 0 Å². The van der Waals surface area contributed by atoms with Gasteiger partial charge in [0.15, 0.2) is 10.8 Å². The van der Waals surface area contributed by atoms with E-state index in [0.717, 1.165) is 11.0 Å². The molecule has 0 atom stereocenters. The fourth-order valence-corrected chi connectivity index (χ4v) is 3.67. The molecule has 0 aliphatic heterocycles. The van der Waals surface area contributed by atoms with Crippen LogP contribution in [0.25, 0.3) is 26.6 Å². The monoisotopic (exact) mass is 350 g/mol. The first-order valence-corrected chi connectivity index (χ1v) is 8.47. The number of halogens is 1. The molecule has 122 valence electrons. The summed E-state index contributed by atoms with van der Waals surface area (Å²) in [7, 11) is 0.